The zero-order chi connectivity index (χ0) is 20.3. The third-order valence-electron chi connectivity index (χ3n) is 4.41. The highest BCUT2D eigenvalue weighted by Gasteiger charge is 2.05. The van der Waals surface area contributed by atoms with Gasteiger partial charge in [-0.1, -0.05) is 36.4 Å². The molecule has 0 saturated carbocycles. The Labute approximate surface area is 171 Å². The van der Waals surface area contributed by atoms with E-state index in [4.69, 9.17) is 18.9 Å². The van der Waals surface area contributed by atoms with Crippen LogP contribution in [-0.4, -0.2) is 26.7 Å². The lowest BCUT2D eigenvalue weighted by atomic mass is 10.2. The number of nitrogens with one attached hydrogen (secondary N) is 2. The van der Waals surface area contributed by atoms with E-state index in [1.807, 2.05) is 48.5 Å². The van der Waals surface area contributed by atoms with E-state index in [0.717, 1.165) is 30.2 Å². The van der Waals surface area contributed by atoms with Crippen LogP contribution in [0.25, 0.3) is 0 Å². The van der Waals surface area contributed by atoms with Crippen molar-refractivity contribution < 1.29 is 13.9 Å². The van der Waals surface area contributed by atoms with Crippen LogP contribution in [0.1, 0.15) is 16.9 Å². The Kier molecular flexibility index (Phi) is 7.57. The highest BCUT2D eigenvalue weighted by molar-refractivity contribution is 5.79. The Morgan fingerprint density at radius 3 is 2.45 bits per heavy atom. The molecule has 2 aromatic carbocycles. The lowest BCUT2D eigenvalue weighted by molar-refractivity contribution is 0.354. The molecule has 0 fully saturated rings. The van der Waals surface area contributed by atoms with E-state index in [2.05, 4.69) is 22.8 Å². The van der Waals surface area contributed by atoms with Gasteiger partial charge >= 0.3 is 0 Å². The largest absolute Gasteiger partial charge is 0.493 e. The predicted octanol–water partition coefficient (Wildman–Crippen LogP) is 3.77. The average Bonchev–Trinajstić information content (AvgIpc) is 3.29. The van der Waals surface area contributed by atoms with Gasteiger partial charge in [0, 0.05) is 19.5 Å². The third-order valence-corrected chi connectivity index (χ3v) is 4.41. The molecule has 6 nitrogen and oxygen atoms in total. The summed E-state index contributed by atoms with van der Waals surface area (Å²) in [6.07, 6.45) is 2.48. The third kappa shape index (κ3) is 6.31. The first-order valence-electron chi connectivity index (χ1n) is 9.58. The maximum absolute atomic E-state index is 5.40. The van der Waals surface area contributed by atoms with E-state index < -0.39 is 0 Å². The van der Waals surface area contributed by atoms with Gasteiger partial charge in [-0.2, -0.15) is 0 Å². The number of hydrogen-bond acceptors (Lipinski definition) is 4. The van der Waals surface area contributed by atoms with Gasteiger partial charge in [0.15, 0.2) is 17.5 Å². The van der Waals surface area contributed by atoms with Gasteiger partial charge in [0.2, 0.25) is 0 Å². The monoisotopic (exact) mass is 393 g/mol. The topological polar surface area (TPSA) is 68.0 Å². The minimum Gasteiger partial charge on any atom is -0.493 e. The molecule has 0 aliphatic rings. The molecular weight excluding hydrogens is 366 g/mol. The van der Waals surface area contributed by atoms with Gasteiger partial charge < -0.3 is 24.5 Å². The number of aliphatic imine (C=N–C) groups is 1. The molecule has 0 bridgehead atoms. The molecule has 2 N–H and O–H groups in total. The SMILES string of the molecule is COc1ccc(CN=C(NCCc2ccco2)NCc2ccccc2)cc1OC. The van der Waals surface area contributed by atoms with Crippen LogP contribution in [-0.2, 0) is 19.5 Å². The normalized spacial score (nSPS) is 11.2. The van der Waals surface area contributed by atoms with Gasteiger partial charge in [-0.3, -0.25) is 0 Å². The number of methoxy groups -OCH3 is 2. The van der Waals surface area contributed by atoms with Gasteiger partial charge in [0.05, 0.1) is 27.0 Å². The van der Waals surface area contributed by atoms with Crippen LogP contribution >= 0.6 is 0 Å². The fourth-order valence-corrected chi connectivity index (χ4v) is 2.86. The molecule has 1 aromatic heterocycles. The van der Waals surface area contributed by atoms with Gasteiger partial charge in [0.25, 0.3) is 0 Å². The highest BCUT2D eigenvalue weighted by Crippen LogP contribution is 2.27. The first kappa shape index (κ1) is 20.3. The Balaban J connectivity index is 1.65. The Hall–Kier alpha value is -3.41. The van der Waals surface area contributed by atoms with E-state index >= 15 is 0 Å². The van der Waals surface area contributed by atoms with Crippen LogP contribution in [0, 0.1) is 0 Å². The lowest BCUT2D eigenvalue weighted by Gasteiger charge is -2.13. The van der Waals surface area contributed by atoms with E-state index in [9.17, 15) is 0 Å². The molecule has 3 rings (SSSR count). The summed E-state index contributed by atoms with van der Waals surface area (Å²) in [7, 11) is 3.26. The van der Waals surface area contributed by atoms with Crippen LogP contribution in [0.15, 0.2) is 76.3 Å². The molecule has 0 amide bonds. The van der Waals surface area contributed by atoms with Crippen LogP contribution in [0.4, 0.5) is 0 Å². The standard InChI is InChI=1S/C23H27N3O3/c1-27-21-11-10-19(15-22(21)28-2)17-26-23(24-13-12-20-9-6-14-29-20)25-16-18-7-4-3-5-8-18/h3-11,14-15H,12-13,16-17H2,1-2H3,(H2,24,25,26). The van der Waals surface area contributed by atoms with Crippen LogP contribution < -0.4 is 20.1 Å². The van der Waals surface area contributed by atoms with Crippen LogP contribution in [0.2, 0.25) is 0 Å². The summed E-state index contributed by atoms with van der Waals surface area (Å²) in [4.78, 5) is 4.73. The minimum absolute atomic E-state index is 0.519. The fraction of sp³-hybridized carbons (Fsp3) is 0.261. The number of ether oxygens (including phenoxy) is 2. The predicted molar refractivity (Wildman–Crippen MR) is 114 cm³/mol. The average molecular weight is 393 g/mol. The van der Waals surface area contributed by atoms with Gasteiger partial charge in [-0.15, -0.1) is 0 Å². The molecule has 1 heterocycles. The molecule has 3 aromatic rings. The van der Waals surface area contributed by atoms with E-state index in [1.165, 1.54) is 5.56 Å². The molecular formula is C23H27N3O3. The molecule has 29 heavy (non-hydrogen) atoms. The summed E-state index contributed by atoms with van der Waals surface area (Å²) in [5.41, 5.74) is 2.23. The maximum Gasteiger partial charge on any atom is 0.191 e. The van der Waals surface area contributed by atoms with E-state index in [1.54, 1.807) is 20.5 Å². The van der Waals surface area contributed by atoms with E-state index in [0.29, 0.717) is 24.6 Å². The molecule has 152 valence electrons. The number of hydrogen-bond donors (Lipinski definition) is 2. The summed E-state index contributed by atoms with van der Waals surface area (Å²) in [6, 6.07) is 19.9. The molecule has 0 atom stereocenters. The Morgan fingerprint density at radius 1 is 0.897 bits per heavy atom. The summed E-state index contributed by atoms with van der Waals surface area (Å²) in [5.74, 6) is 3.10. The highest BCUT2D eigenvalue weighted by atomic mass is 16.5. The Morgan fingerprint density at radius 2 is 1.72 bits per heavy atom. The number of furan rings is 1. The van der Waals surface area contributed by atoms with Crippen molar-refractivity contribution in [1.29, 1.82) is 0 Å². The molecule has 0 aliphatic heterocycles. The van der Waals surface area contributed by atoms with E-state index in [-0.39, 0.29) is 0 Å². The van der Waals surface area contributed by atoms with Crippen molar-refractivity contribution in [2.45, 2.75) is 19.5 Å². The minimum atomic E-state index is 0.519. The summed E-state index contributed by atoms with van der Waals surface area (Å²) in [5, 5.41) is 6.76. The zero-order valence-electron chi connectivity index (χ0n) is 16.9. The van der Waals surface area contributed by atoms with Crippen molar-refractivity contribution in [1.82, 2.24) is 10.6 Å². The second kappa shape index (κ2) is 10.8. The second-order valence-electron chi connectivity index (χ2n) is 6.45. The van der Waals surface area contributed by atoms with Crippen molar-refractivity contribution in [3.8, 4) is 11.5 Å². The van der Waals surface area contributed by atoms with Crippen molar-refractivity contribution >= 4 is 5.96 Å². The Bertz CT molecular complexity index is 893. The van der Waals surface area contributed by atoms with Crippen molar-refractivity contribution in [3.05, 3.63) is 83.8 Å². The second-order valence-corrected chi connectivity index (χ2v) is 6.45. The number of benzene rings is 2. The number of rotatable bonds is 9. The van der Waals surface area contributed by atoms with Crippen LogP contribution in [0.5, 0.6) is 11.5 Å². The molecule has 0 radical (unpaired) electrons. The maximum atomic E-state index is 5.40. The molecule has 0 saturated heterocycles. The van der Waals surface area contributed by atoms with Crippen molar-refractivity contribution in [2.24, 2.45) is 4.99 Å². The van der Waals surface area contributed by atoms with Crippen LogP contribution in [0.3, 0.4) is 0 Å². The first-order valence-corrected chi connectivity index (χ1v) is 9.58. The quantitative estimate of drug-likeness (QED) is 0.428. The van der Waals surface area contributed by atoms with Gasteiger partial charge in [-0.25, -0.2) is 4.99 Å². The zero-order valence-corrected chi connectivity index (χ0v) is 16.9. The smallest absolute Gasteiger partial charge is 0.191 e. The summed E-state index contributed by atoms with van der Waals surface area (Å²) >= 11 is 0. The molecule has 0 spiro atoms. The molecule has 6 heteroatoms. The first-order chi connectivity index (χ1) is 14.3. The molecule has 0 unspecified atom stereocenters. The van der Waals surface area contributed by atoms with Crippen molar-refractivity contribution in [3.63, 3.8) is 0 Å². The lowest BCUT2D eigenvalue weighted by Crippen LogP contribution is -2.38. The molecule has 0 aliphatic carbocycles. The van der Waals surface area contributed by atoms with Gasteiger partial charge in [0.1, 0.15) is 5.76 Å². The van der Waals surface area contributed by atoms with Crippen molar-refractivity contribution in [2.75, 3.05) is 20.8 Å². The number of guanidine groups is 1. The summed E-state index contributed by atoms with van der Waals surface area (Å²) < 4.78 is 16.1. The number of nitrogens with zero attached hydrogens (tertiary/aromatic N) is 1. The summed E-state index contributed by atoms with van der Waals surface area (Å²) in [6.45, 7) is 1.94. The van der Waals surface area contributed by atoms with Gasteiger partial charge in [-0.05, 0) is 35.4 Å². The fourth-order valence-electron chi connectivity index (χ4n) is 2.86.